The third kappa shape index (κ3) is 3.97. The maximum atomic E-state index is 4.59. The predicted molar refractivity (Wildman–Crippen MR) is 68.7 cm³/mol. The maximum Gasteiger partial charge on any atom is 0.0624 e. The molecule has 0 spiro atoms. The molecule has 0 unspecified atom stereocenters. The first-order valence-corrected chi connectivity index (χ1v) is 6.43. The fraction of sp³-hybridized carbons (Fsp3) is 0.769. The largest absolute Gasteiger partial charge is 0.315 e. The first kappa shape index (κ1) is 13.2. The summed E-state index contributed by atoms with van der Waals surface area (Å²) in [6.45, 7) is 11.9. The van der Waals surface area contributed by atoms with Crippen molar-refractivity contribution in [2.24, 2.45) is 5.92 Å². The highest BCUT2D eigenvalue weighted by molar-refractivity contribution is 5.10. The molecule has 0 fully saturated rings. The van der Waals surface area contributed by atoms with E-state index in [0.29, 0.717) is 0 Å². The Bertz CT molecular complexity index is 302. The van der Waals surface area contributed by atoms with E-state index in [4.69, 9.17) is 0 Å². The number of rotatable bonds is 7. The molecule has 0 aliphatic heterocycles. The summed E-state index contributed by atoms with van der Waals surface area (Å²) in [6, 6.07) is 2.22. The molecular weight excluding hydrogens is 198 g/mol. The van der Waals surface area contributed by atoms with Crippen molar-refractivity contribution in [3.8, 4) is 0 Å². The minimum atomic E-state index is 0.717. The molecule has 3 nitrogen and oxygen atoms in total. The lowest BCUT2D eigenvalue weighted by Gasteiger charge is -2.09. The lowest BCUT2D eigenvalue weighted by molar-refractivity contribution is 0.497. The number of aryl methyl sites for hydroxylation is 2. The van der Waals surface area contributed by atoms with E-state index in [0.717, 1.165) is 38.4 Å². The van der Waals surface area contributed by atoms with Crippen LogP contribution in [0.3, 0.4) is 0 Å². The smallest absolute Gasteiger partial charge is 0.0624 e. The minimum Gasteiger partial charge on any atom is -0.315 e. The Hall–Kier alpha value is -0.830. The molecule has 0 radical (unpaired) electrons. The Morgan fingerprint density at radius 2 is 2.06 bits per heavy atom. The lowest BCUT2D eigenvalue weighted by atomic mass is 10.2. The Morgan fingerprint density at radius 3 is 2.62 bits per heavy atom. The van der Waals surface area contributed by atoms with E-state index in [1.807, 2.05) is 0 Å². The van der Waals surface area contributed by atoms with Gasteiger partial charge in [-0.25, -0.2) is 0 Å². The molecule has 0 saturated carbocycles. The highest BCUT2D eigenvalue weighted by Gasteiger charge is 2.04. The van der Waals surface area contributed by atoms with Crippen LogP contribution in [0.4, 0.5) is 0 Å². The van der Waals surface area contributed by atoms with Gasteiger partial charge in [0.15, 0.2) is 0 Å². The average Bonchev–Trinajstić information content (AvgIpc) is 2.66. The zero-order valence-corrected chi connectivity index (χ0v) is 11.1. The van der Waals surface area contributed by atoms with Gasteiger partial charge in [0.05, 0.1) is 12.2 Å². The topological polar surface area (TPSA) is 29.9 Å². The Kier molecular flexibility index (Phi) is 5.53. The van der Waals surface area contributed by atoms with Crippen molar-refractivity contribution in [1.82, 2.24) is 15.1 Å². The van der Waals surface area contributed by atoms with Gasteiger partial charge in [-0.2, -0.15) is 5.10 Å². The summed E-state index contributed by atoms with van der Waals surface area (Å²) < 4.78 is 2.14. The monoisotopic (exact) mass is 223 g/mol. The molecule has 0 aromatic carbocycles. The van der Waals surface area contributed by atoms with Crippen LogP contribution < -0.4 is 5.32 Å². The van der Waals surface area contributed by atoms with E-state index in [-0.39, 0.29) is 0 Å². The molecule has 1 aromatic rings. The SMILES string of the molecule is CCc1cc(CC)n(CCNCC(C)C)n1. The number of aromatic nitrogens is 2. The van der Waals surface area contributed by atoms with Crippen molar-refractivity contribution in [2.45, 2.75) is 47.1 Å². The lowest BCUT2D eigenvalue weighted by Crippen LogP contribution is -2.25. The van der Waals surface area contributed by atoms with E-state index in [9.17, 15) is 0 Å². The third-order valence-electron chi connectivity index (χ3n) is 2.69. The van der Waals surface area contributed by atoms with E-state index in [1.54, 1.807) is 0 Å². The quantitative estimate of drug-likeness (QED) is 0.719. The average molecular weight is 223 g/mol. The van der Waals surface area contributed by atoms with E-state index < -0.39 is 0 Å². The molecule has 0 bridgehead atoms. The second-order valence-electron chi connectivity index (χ2n) is 4.66. The summed E-state index contributed by atoms with van der Waals surface area (Å²) in [5, 5.41) is 8.04. The van der Waals surface area contributed by atoms with Crippen LogP contribution in [0.5, 0.6) is 0 Å². The van der Waals surface area contributed by atoms with Gasteiger partial charge < -0.3 is 5.32 Å². The molecule has 0 atom stereocenters. The Morgan fingerprint density at radius 1 is 1.31 bits per heavy atom. The van der Waals surface area contributed by atoms with Crippen molar-refractivity contribution in [1.29, 1.82) is 0 Å². The van der Waals surface area contributed by atoms with Crippen molar-refractivity contribution >= 4 is 0 Å². The van der Waals surface area contributed by atoms with Gasteiger partial charge in [-0.05, 0) is 31.4 Å². The van der Waals surface area contributed by atoms with E-state index in [2.05, 4.69) is 48.9 Å². The van der Waals surface area contributed by atoms with E-state index >= 15 is 0 Å². The summed E-state index contributed by atoms with van der Waals surface area (Å²) in [6.07, 6.45) is 2.09. The minimum absolute atomic E-state index is 0.717. The van der Waals surface area contributed by atoms with Gasteiger partial charge in [-0.15, -0.1) is 0 Å². The van der Waals surface area contributed by atoms with Crippen LogP contribution in [0, 0.1) is 5.92 Å². The standard InChI is InChI=1S/C13H25N3/c1-5-12-9-13(6-2)16(15-12)8-7-14-10-11(3)4/h9,11,14H,5-8,10H2,1-4H3. The van der Waals surface area contributed by atoms with Crippen molar-refractivity contribution < 1.29 is 0 Å². The highest BCUT2D eigenvalue weighted by atomic mass is 15.3. The molecule has 92 valence electrons. The highest BCUT2D eigenvalue weighted by Crippen LogP contribution is 2.05. The van der Waals surface area contributed by atoms with Crippen molar-refractivity contribution in [3.05, 3.63) is 17.5 Å². The molecule has 1 rings (SSSR count). The molecule has 0 aliphatic rings. The third-order valence-corrected chi connectivity index (χ3v) is 2.69. The van der Waals surface area contributed by atoms with Gasteiger partial charge in [0.1, 0.15) is 0 Å². The van der Waals surface area contributed by atoms with Gasteiger partial charge in [-0.3, -0.25) is 4.68 Å². The summed E-state index contributed by atoms with van der Waals surface area (Å²) in [4.78, 5) is 0. The fourth-order valence-corrected chi connectivity index (χ4v) is 1.74. The predicted octanol–water partition coefficient (Wildman–Crippen LogP) is 2.25. The van der Waals surface area contributed by atoms with Crippen LogP contribution in [0.2, 0.25) is 0 Å². The number of hydrogen-bond donors (Lipinski definition) is 1. The zero-order valence-electron chi connectivity index (χ0n) is 11.1. The van der Waals surface area contributed by atoms with Gasteiger partial charge in [0, 0.05) is 12.2 Å². The molecular formula is C13H25N3. The van der Waals surface area contributed by atoms with Gasteiger partial charge >= 0.3 is 0 Å². The van der Waals surface area contributed by atoms with Crippen molar-refractivity contribution in [2.75, 3.05) is 13.1 Å². The number of nitrogens with zero attached hydrogens (tertiary/aromatic N) is 2. The van der Waals surface area contributed by atoms with Crippen LogP contribution >= 0.6 is 0 Å². The van der Waals surface area contributed by atoms with E-state index in [1.165, 1.54) is 11.4 Å². The molecule has 1 aromatic heterocycles. The summed E-state index contributed by atoms with van der Waals surface area (Å²) in [5.41, 5.74) is 2.56. The van der Waals surface area contributed by atoms with Crippen molar-refractivity contribution in [3.63, 3.8) is 0 Å². The Labute approximate surface area is 99.2 Å². The normalized spacial score (nSPS) is 11.3. The first-order valence-electron chi connectivity index (χ1n) is 6.43. The molecule has 1 N–H and O–H groups in total. The number of hydrogen-bond acceptors (Lipinski definition) is 2. The van der Waals surface area contributed by atoms with Crippen LogP contribution in [0.25, 0.3) is 0 Å². The van der Waals surface area contributed by atoms with Crippen LogP contribution in [-0.4, -0.2) is 22.9 Å². The molecule has 0 amide bonds. The molecule has 16 heavy (non-hydrogen) atoms. The Balaban J connectivity index is 2.43. The van der Waals surface area contributed by atoms with Crippen LogP contribution in [0.15, 0.2) is 6.07 Å². The van der Waals surface area contributed by atoms with Crippen LogP contribution in [-0.2, 0) is 19.4 Å². The van der Waals surface area contributed by atoms with Gasteiger partial charge in [0.25, 0.3) is 0 Å². The summed E-state index contributed by atoms with van der Waals surface area (Å²) in [7, 11) is 0. The molecule has 1 heterocycles. The molecule has 0 saturated heterocycles. The number of nitrogens with one attached hydrogen (secondary N) is 1. The molecule has 3 heteroatoms. The second-order valence-corrected chi connectivity index (χ2v) is 4.66. The maximum absolute atomic E-state index is 4.59. The van der Waals surface area contributed by atoms with Gasteiger partial charge in [0.2, 0.25) is 0 Å². The van der Waals surface area contributed by atoms with Gasteiger partial charge in [-0.1, -0.05) is 27.7 Å². The summed E-state index contributed by atoms with van der Waals surface area (Å²) >= 11 is 0. The second kappa shape index (κ2) is 6.69. The summed E-state index contributed by atoms with van der Waals surface area (Å²) in [5.74, 6) is 0.717. The first-order chi connectivity index (χ1) is 7.67. The molecule has 0 aliphatic carbocycles. The zero-order chi connectivity index (χ0) is 12.0. The van der Waals surface area contributed by atoms with Crippen LogP contribution in [0.1, 0.15) is 39.1 Å². The fourth-order valence-electron chi connectivity index (χ4n) is 1.74.